The van der Waals surface area contributed by atoms with E-state index in [1.54, 1.807) is 12.3 Å². The maximum Gasteiger partial charge on any atom is 0.416 e. The highest BCUT2D eigenvalue weighted by atomic mass is 35.5. The Morgan fingerprint density at radius 2 is 1.95 bits per heavy atom. The molecule has 2 heterocycles. The third kappa shape index (κ3) is 2.37. The van der Waals surface area contributed by atoms with Crippen LogP contribution in [-0.4, -0.2) is 22.3 Å². The first-order valence-corrected chi connectivity index (χ1v) is 6.54. The molecule has 8 heteroatoms. The van der Waals surface area contributed by atoms with Crippen LogP contribution in [0.15, 0.2) is 30.5 Å². The summed E-state index contributed by atoms with van der Waals surface area (Å²) in [6.45, 7) is 0. The monoisotopic (exact) mass is 327 g/mol. The largest absolute Gasteiger partial charge is 0.496 e. The molecule has 4 nitrogen and oxygen atoms in total. The molecule has 0 saturated carbocycles. The Labute approximate surface area is 127 Å². The highest BCUT2D eigenvalue weighted by Gasteiger charge is 2.31. The van der Waals surface area contributed by atoms with Crippen LogP contribution in [0.2, 0.25) is 5.15 Å². The maximum atomic E-state index is 12.8. The standard InChI is InChI=1S/C14H9ClF3N3O/c1-22-10-6-7(14(16,17)18)2-3-8(10)12-11-9(4-5-19-11)13(15)21-20-12/h2-6,19H,1H3. The number of fused-ring (bicyclic) bond motifs is 1. The molecule has 0 amide bonds. The number of ether oxygens (including phenoxy) is 1. The summed E-state index contributed by atoms with van der Waals surface area (Å²) < 4.78 is 43.4. The van der Waals surface area contributed by atoms with Crippen molar-refractivity contribution in [1.29, 1.82) is 0 Å². The van der Waals surface area contributed by atoms with Gasteiger partial charge < -0.3 is 9.72 Å². The minimum atomic E-state index is -4.45. The number of halogens is 4. The second-order valence-corrected chi connectivity index (χ2v) is 4.88. The number of hydrogen-bond acceptors (Lipinski definition) is 3. The van der Waals surface area contributed by atoms with Gasteiger partial charge in [0.05, 0.1) is 18.2 Å². The highest BCUT2D eigenvalue weighted by molar-refractivity contribution is 6.34. The SMILES string of the molecule is COc1cc(C(F)(F)F)ccc1-c1nnc(Cl)c2cc[nH]c12. The van der Waals surface area contributed by atoms with Gasteiger partial charge in [-0.25, -0.2) is 0 Å². The molecule has 0 aliphatic rings. The van der Waals surface area contributed by atoms with E-state index >= 15 is 0 Å². The van der Waals surface area contributed by atoms with Crippen LogP contribution in [-0.2, 0) is 6.18 Å². The fourth-order valence-electron chi connectivity index (χ4n) is 2.19. The van der Waals surface area contributed by atoms with Crippen molar-refractivity contribution in [1.82, 2.24) is 15.2 Å². The van der Waals surface area contributed by atoms with Gasteiger partial charge in [-0.1, -0.05) is 11.6 Å². The highest BCUT2D eigenvalue weighted by Crippen LogP contribution is 2.38. The van der Waals surface area contributed by atoms with E-state index in [4.69, 9.17) is 16.3 Å². The third-order valence-electron chi connectivity index (χ3n) is 3.23. The number of rotatable bonds is 2. The fourth-order valence-corrected chi connectivity index (χ4v) is 2.38. The second kappa shape index (κ2) is 5.17. The Bertz CT molecular complexity index is 845. The van der Waals surface area contributed by atoms with Crippen LogP contribution >= 0.6 is 11.6 Å². The van der Waals surface area contributed by atoms with Crippen LogP contribution in [0.25, 0.3) is 22.2 Å². The maximum absolute atomic E-state index is 12.8. The normalized spacial score (nSPS) is 11.9. The smallest absolute Gasteiger partial charge is 0.416 e. The van der Waals surface area contributed by atoms with Crippen molar-refractivity contribution in [3.63, 3.8) is 0 Å². The quantitative estimate of drug-likeness (QED) is 0.763. The van der Waals surface area contributed by atoms with Crippen LogP contribution in [0.3, 0.4) is 0 Å². The van der Waals surface area contributed by atoms with E-state index < -0.39 is 11.7 Å². The third-order valence-corrected chi connectivity index (χ3v) is 3.51. The van der Waals surface area contributed by atoms with Crippen molar-refractivity contribution >= 4 is 22.5 Å². The van der Waals surface area contributed by atoms with Gasteiger partial charge >= 0.3 is 6.18 Å². The van der Waals surface area contributed by atoms with Gasteiger partial charge in [-0.2, -0.15) is 13.2 Å². The molecule has 0 aliphatic carbocycles. The molecule has 114 valence electrons. The lowest BCUT2D eigenvalue weighted by Crippen LogP contribution is -2.05. The minimum Gasteiger partial charge on any atom is -0.496 e. The van der Waals surface area contributed by atoms with E-state index in [1.165, 1.54) is 13.2 Å². The zero-order valence-corrected chi connectivity index (χ0v) is 12.0. The predicted octanol–water partition coefficient (Wildman–Crippen LogP) is 4.31. The number of aromatic nitrogens is 3. The summed E-state index contributed by atoms with van der Waals surface area (Å²) in [6.07, 6.45) is -2.79. The molecular formula is C14H9ClF3N3O. The topological polar surface area (TPSA) is 50.8 Å². The Morgan fingerprint density at radius 1 is 1.18 bits per heavy atom. The number of nitrogens with zero attached hydrogens (tertiary/aromatic N) is 2. The van der Waals surface area contributed by atoms with Crippen molar-refractivity contribution in [3.8, 4) is 17.0 Å². The predicted molar refractivity (Wildman–Crippen MR) is 75.9 cm³/mol. The molecule has 0 fully saturated rings. The molecule has 0 bridgehead atoms. The number of aromatic amines is 1. The van der Waals surface area contributed by atoms with Crippen LogP contribution in [0.4, 0.5) is 13.2 Å². The molecule has 0 spiro atoms. The number of nitrogens with one attached hydrogen (secondary N) is 1. The minimum absolute atomic E-state index is 0.0577. The first-order valence-electron chi connectivity index (χ1n) is 6.16. The molecule has 0 saturated heterocycles. The molecule has 22 heavy (non-hydrogen) atoms. The summed E-state index contributed by atoms with van der Waals surface area (Å²) in [5, 5.41) is 8.64. The van der Waals surface area contributed by atoms with Crippen LogP contribution in [0.5, 0.6) is 5.75 Å². The fraction of sp³-hybridized carbons (Fsp3) is 0.143. The second-order valence-electron chi connectivity index (χ2n) is 4.52. The van der Waals surface area contributed by atoms with E-state index in [2.05, 4.69) is 15.2 Å². The summed E-state index contributed by atoms with van der Waals surface area (Å²) in [4.78, 5) is 2.96. The molecule has 0 atom stereocenters. The molecule has 0 unspecified atom stereocenters. The molecule has 3 aromatic rings. The average molecular weight is 328 g/mol. The Hall–Kier alpha value is -2.28. The van der Waals surface area contributed by atoms with E-state index in [0.29, 0.717) is 22.2 Å². The lowest BCUT2D eigenvalue weighted by atomic mass is 10.1. The van der Waals surface area contributed by atoms with E-state index in [9.17, 15) is 13.2 Å². The molecule has 1 aromatic carbocycles. The van der Waals surface area contributed by atoms with Gasteiger partial charge in [0.1, 0.15) is 11.4 Å². The van der Waals surface area contributed by atoms with Crippen molar-refractivity contribution in [2.75, 3.05) is 7.11 Å². The van der Waals surface area contributed by atoms with Gasteiger partial charge in [0, 0.05) is 17.1 Å². The molecule has 0 aliphatic heterocycles. The zero-order valence-electron chi connectivity index (χ0n) is 11.2. The first kappa shape index (κ1) is 14.6. The van der Waals surface area contributed by atoms with E-state index in [1.807, 2.05) is 0 Å². The van der Waals surface area contributed by atoms with Gasteiger partial charge in [-0.15, -0.1) is 10.2 Å². The molecule has 3 rings (SSSR count). The van der Waals surface area contributed by atoms with Gasteiger partial charge in [-0.05, 0) is 24.3 Å². The lowest BCUT2D eigenvalue weighted by Gasteiger charge is -2.12. The summed E-state index contributed by atoms with van der Waals surface area (Å²) in [5.74, 6) is 0.0577. The Morgan fingerprint density at radius 3 is 2.64 bits per heavy atom. The Balaban J connectivity index is 2.23. The van der Waals surface area contributed by atoms with Gasteiger partial charge in [-0.3, -0.25) is 0 Å². The summed E-state index contributed by atoms with van der Waals surface area (Å²) in [7, 11) is 1.30. The first-order chi connectivity index (χ1) is 10.4. The van der Waals surface area contributed by atoms with Crippen LogP contribution in [0.1, 0.15) is 5.56 Å². The van der Waals surface area contributed by atoms with Crippen molar-refractivity contribution in [2.24, 2.45) is 0 Å². The van der Waals surface area contributed by atoms with E-state index in [-0.39, 0.29) is 10.9 Å². The van der Waals surface area contributed by atoms with Crippen molar-refractivity contribution in [3.05, 3.63) is 41.2 Å². The van der Waals surface area contributed by atoms with Crippen molar-refractivity contribution in [2.45, 2.75) is 6.18 Å². The van der Waals surface area contributed by atoms with E-state index in [0.717, 1.165) is 12.1 Å². The average Bonchev–Trinajstić information content (AvgIpc) is 2.96. The van der Waals surface area contributed by atoms with Gasteiger partial charge in [0.2, 0.25) is 0 Å². The van der Waals surface area contributed by atoms with Crippen LogP contribution < -0.4 is 4.74 Å². The van der Waals surface area contributed by atoms with Crippen molar-refractivity contribution < 1.29 is 17.9 Å². The summed E-state index contributed by atoms with van der Waals surface area (Å²) in [6, 6.07) is 4.93. The number of H-pyrrole nitrogens is 1. The van der Waals surface area contributed by atoms with Gasteiger partial charge in [0.15, 0.2) is 5.15 Å². The Kier molecular flexibility index (Phi) is 3.44. The molecule has 1 N–H and O–H groups in total. The summed E-state index contributed by atoms with van der Waals surface area (Å²) >= 11 is 5.94. The number of alkyl halides is 3. The molecular weight excluding hydrogens is 319 g/mol. The van der Waals surface area contributed by atoms with Gasteiger partial charge in [0.25, 0.3) is 0 Å². The molecule has 2 aromatic heterocycles. The number of benzene rings is 1. The number of hydrogen-bond donors (Lipinski definition) is 1. The van der Waals surface area contributed by atoms with Crippen LogP contribution in [0, 0.1) is 0 Å². The zero-order chi connectivity index (χ0) is 15.9. The lowest BCUT2D eigenvalue weighted by molar-refractivity contribution is -0.137. The molecule has 0 radical (unpaired) electrons. The number of methoxy groups -OCH3 is 1. The summed E-state index contributed by atoms with van der Waals surface area (Å²) in [5.41, 5.74) is 0.554.